The number of fused-ring (bicyclic) bond motifs is 2. The number of ether oxygens (including phenoxy) is 3. The van der Waals surface area contributed by atoms with Crippen LogP contribution in [0, 0.1) is 13.8 Å². The summed E-state index contributed by atoms with van der Waals surface area (Å²) in [4.78, 5) is 9.99. The van der Waals surface area contributed by atoms with Crippen molar-refractivity contribution >= 4 is 27.3 Å². The monoisotopic (exact) mass is 512 g/mol. The van der Waals surface area contributed by atoms with Crippen LogP contribution < -0.4 is 14.2 Å². The number of methoxy groups -OCH3 is 2. The summed E-state index contributed by atoms with van der Waals surface area (Å²) >= 11 is 1.36. The van der Waals surface area contributed by atoms with E-state index < -0.39 is 0 Å². The third kappa shape index (κ3) is 4.38. The summed E-state index contributed by atoms with van der Waals surface area (Å²) in [5, 5.41) is 5.73. The molecule has 6 rings (SSSR count). The Hall–Kier alpha value is -4.37. The Kier molecular flexibility index (Phi) is 5.77. The van der Waals surface area contributed by atoms with Gasteiger partial charge >= 0.3 is 0 Å². The third-order valence-electron chi connectivity index (χ3n) is 6.07. The predicted molar refractivity (Wildman–Crippen MR) is 143 cm³/mol. The number of furan rings is 1. The van der Waals surface area contributed by atoms with E-state index in [-0.39, 0.29) is 0 Å². The van der Waals surface area contributed by atoms with E-state index in [2.05, 4.69) is 40.2 Å². The van der Waals surface area contributed by atoms with Crippen LogP contribution in [0.1, 0.15) is 16.7 Å². The molecule has 0 atom stereocenters. The van der Waals surface area contributed by atoms with Crippen LogP contribution in [0.4, 0.5) is 0 Å². The molecule has 0 amide bonds. The van der Waals surface area contributed by atoms with Gasteiger partial charge < -0.3 is 18.6 Å². The summed E-state index contributed by atoms with van der Waals surface area (Å²) in [5.41, 5.74) is 6.69. The lowest BCUT2D eigenvalue weighted by atomic mass is 10.0. The quantitative estimate of drug-likeness (QED) is 0.242. The molecule has 0 spiro atoms. The van der Waals surface area contributed by atoms with Crippen molar-refractivity contribution < 1.29 is 18.6 Å². The fourth-order valence-corrected chi connectivity index (χ4v) is 5.02. The van der Waals surface area contributed by atoms with Crippen LogP contribution in [-0.4, -0.2) is 33.8 Å². The number of hydrogen-bond acceptors (Lipinski definition) is 8. The van der Waals surface area contributed by atoms with E-state index in [4.69, 9.17) is 18.6 Å². The normalized spacial score (nSPS) is 11.4. The zero-order chi connectivity index (χ0) is 25.5. The number of aromatic nitrogens is 4. The van der Waals surface area contributed by atoms with E-state index in [1.54, 1.807) is 18.7 Å². The summed E-state index contributed by atoms with van der Waals surface area (Å²) in [6.07, 6.45) is 3.71. The van der Waals surface area contributed by atoms with Crippen molar-refractivity contribution in [3.8, 4) is 39.4 Å². The Morgan fingerprint density at radius 3 is 2.70 bits per heavy atom. The van der Waals surface area contributed by atoms with Crippen LogP contribution in [0.3, 0.4) is 0 Å². The highest BCUT2D eigenvalue weighted by Crippen LogP contribution is 2.37. The van der Waals surface area contributed by atoms with E-state index in [1.165, 1.54) is 11.3 Å². The molecule has 0 aliphatic carbocycles. The lowest BCUT2D eigenvalue weighted by Crippen LogP contribution is -1.97. The van der Waals surface area contributed by atoms with E-state index in [0.29, 0.717) is 40.3 Å². The number of rotatable bonds is 7. The SMILES string of the molecule is COc1cc(OCc2cccc(-c3ncc(C)cc3C)c2)c2cc(-c3cn4nc(OC)sc4n3)oc2c1. The van der Waals surface area contributed by atoms with Crippen LogP contribution in [0.5, 0.6) is 16.7 Å². The van der Waals surface area contributed by atoms with Crippen molar-refractivity contribution in [3.63, 3.8) is 0 Å². The molecule has 0 aliphatic heterocycles. The van der Waals surface area contributed by atoms with Crippen molar-refractivity contribution in [1.82, 2.24) is 19.6 Å². The Morgan fingerprint density at radius 1 is 1.03 bits per heavy atom. The first kappa shape index (κ1) is 23.1. The number of pyridine rings is 1. The molecule has 0 unspecified atom stereocenters. The smallest absolute Gasteiger partial charge is 0.294 e. The van der Waals surface area contributed by atoms with Gasteiger partial charge in [0.05, 0.1) is 31.5 Å². The van der Waals surface area contributed by atoms with Gasteiger partial charge in [0.2, 0.25) is 4.96 Å². The molecule has 0 radical (unpaired) electrons. The Labute approximate surface area is 217 Å². The zero-order valence-corrected chi connectivity index (χ0v) is 21.6. The number of nitrogens with zero attached hydrogens (tertiary/aromatic N) is 4. The highest BCUT2D eigenvalue weighted by Gasteiger charge is 2.17. The van der Waals surface area contributed by atoms with Crippen LogP contribution in [0.2, 0.25) is 0 Å². The van der Waals surface area contributed by atoms with Crippen molar-refractivity contribution in [1.29, 1.82) is 0 Å². The fourth-order valence-electron chi connectivity index (χ4n) is 4.32. The second-order valence-corrected chi connectivity index (χ2v) is 9.66. The number of benzene rings is 2. The third-order valence-corrected chi connectivity index (χ3v) is 6.95. The molecule has 6 aromatic rings. The summed E-state index contributed by atoms with van der Waals surface area (Å²) in [7, 11) is 3.21. The Morgan fingerprint density at radius 2 is 1.92 bits per heavy atom. The van der Waals surface area contributed by atoms with Gasteiger partial charge in [0.15, 0.2) is 5.76 Å². The molecule has 0 N–H and O–H groups in total. The van der Waals surface area contributed by atoms with Crippen molar-refractivity contribution in [2.24, 2.45) is 0 Å². The minimum atomic E-state index is 0.380. The lowest BCUT2D eigenvalue weighted by molar-refractivity contribution is 0.307. The highest BCUT2D eigenvalue weighted by atomic mass is 32.1. The van der Waals surface area contributed by atoms with Gasteiger partial charge in [-0.3, -0.25) is 4.98 Å². The van der Waals surface area contributed by atoms with E-state index >= 15 is 0 Å². The number of imidazole rings is 1. The first-order valence-electron chi connectivity index (χ1n) is 11.7. The number of aryl methyl sites for hydroxylation is 2. The van der Waals surface area contributed by atoms with Crippen molar-refractivity contribution in [2.75, 3.05) is 14.2 Å². The molecule has 4 heterocycles. The van der Waals surface area contributed by atoms with Gasteiger partial charge in [-0.15, -0.1) is 5.10 Å². The predicted octanol–water partition coefficient (Wildman–Crippen LogP) is 6.48. The molecule has 2 aromatic carbocycles. The Bertz CT molecular complexity index is 1720. The second-order valence-electron chi connectivity index (χ2n) is 8.74. The number of hydrogen-bond donors (Lipinski definition) is 0. The molecule has 0 saturated heterocycles. The molecule has 0 aliphatic rings. The van der Waals surface area contributed by atoms with Crippen LogP contribution in [0.25, 0.3) is 38.6 Å². The molecule has 4 aromatic heterocycles. The maximum atomic E-state index is 6.30. The second kappa shape index (κ2) is 9.25. The maximum absolute atomic E-state index is 6.30. The van der Waals surface area contributed by atoms with Gasteiger partial charge in [0, 0.05) is 23.9 Å². The van der Waals surface area contributed by atoms with E-state index in [0.717, 1.165) is 38.3 Å². The van der Waals surface area contributed by atoms with Crippen LogP contribution in [-0.2, 0) is 6.61 Å². The fraction of sp³-hybridized carbons (Fsp3) is 0.179. The topological polar surface area (TPSA) is 83.9 Å². The van der Waals surface area contributed by atoms with Gasteiger partial charge in [-0.05, 0) is 54.0 Å². The first-order valence-corrected chi connectivity index (χ1v) is 12.5. The standard InChI is InChI=1S/C28H24N4O4S/c1-16-8-17(2)26(29-13-16)19-7-5-6-18(9-19)15-35-23-10-20(33-3)11-24-21(23)12-25(36-24)22-14-32-27(30-22)37-28(31-32)34-4/h5-14H,15H2,1-4H3. The zero-order valence-electron chi connectivity index (χ0n) is 20.8. The Balaban J connectivity index is 1.30. The molecule has 37 heavy (non-hydrogen) atoms. The summed E-state index contributed by atoms with van der Waals surface area (Å²) in [6.45, 7) is 4.51. The minimum absolute atomic E-state index is 0.380. The van der Waals surface area contributed by atoms with Gasteiger partial charge in [-0.2, -0.15) is 0 Å². The van der Waals surface area contributed by atoms with Crippen molar-refractivity contribution in [3.05, 3.63) is 77.6 Å². The molecule has 0 bridgehead atoms. The van der Waals surface area contributed by atoms with Crippen molar-refractivity contribution in [2.45, 2.75) is 20.5 Å². The molecular weight excluding hydrogens is 488 g/mol. The minimum Gasteiger partial charge on any atom is -0.496 e. The van der Waals surface area contributed by atoms with Gasteiger partial charge in [-0.1, -0.05) is 24.3 Å². The largest absolute Gasteiger partial charge is 0.496 e. The summed E-state index contributed by atoms with van der Waals surface area (Å²) in [6, 6.07) is 16.1. The average molecular weight is 513 g/mol. The summed E-state index contributed by atoms with van der Waals surface area (Å²) < 4.78 is 24.8. The summed E-state index contributed by atoms with van der Waals surface area (Å²) in [5.74, 6) is 1.93. The lowest BCUT2D eigenvalue weighted by Gasteiger charge is -2.11. The molecule has 8 nitrogen and oxygen atoms in total. The maximum Gasteiger partial charge on any atom is 0.294 e. The van der Waals surface area contributed by atoms with Crippen LogP contribution >= 0.6 is 11.3 Å². The first-order chi connectivity index (χ1) is 18.0. The molecule has 0 fully saturated rings. The van der Waals surface area contributed by atoms with E-state index in [9.17, 15) is 0 Å². The molecular formula is C28H24N4O4S. The molecule has 9 heteroatoms. The van der Waals surface area contributed by atoms with E-state index in [1.807, 2.05) is 49.6 Å². The molecule has 186 valence electrons. The van der Waals surface area contributed by atoms with Gasteiger partial charge in [-0.25, -0.2) is 9.50 Å². The highest BCUT2D eigenvalue weighted by molar-refractivity contribution is 7.18. The van der Waals surface area contributed by atoms with Crippen LogP contribution in [0.15, 0.2) is 65.3 Å². The molecule has 0 saturated carbocycles. The van der Waals surface area contributed by atoms with Gasteiger partial charge in [0.1, 0.15) is 29.4 Å². The van der Waals surface area contributed by atoms with Gasteiger partial charge in [0.25, 0.3) is 5.19 Å². The average Bonchev–Trinajstić information content (AvgIpc) is 3.60.